The van der Waals surface area contributed by atoms with E-state index in [1.807, 2.05) is 30.3 Å². The van der Waals surface area contributed by atoms with Gasteiger partial charge in [0.1, 0.15) is 0 Å². The lowest BCUT2D eigenvalue weighted by molar-refractivity contribution is -0.127. The molecule has 1 aliphatic heterocycles. The Balaban J connectivity index is 0.00000338. The van der Waals surface area contributed by atoms with Crippen molar-refractivity contribution < 1.29 is 9.59 Å². The average molecular weight is 383 g/mol. The molecule has 2 atom stereocenters. The van der Waals surface area contributed by atoms with Crippen LogP contribution in [0.5, 0.6) is 0 Å². The van der Waals surface area contributed by atoms with E-state index in [0.717, 1.165) is 24.9 Å². The first-order valence-corrected chi connectivity index (χ1v) is 9.11. The Morgan fingerprint density at radius 1 is 1.27 bits per heavy atom. The number of nitrogens with two attached hydrogens (primary N) is 1. The van der Waals surface area contributed by atoms with Crippen molar-refractivity contribution in [3.63, 3.8) is 0 Å². The predicted octanol–water partition coefficient (Wildman–Crippen LogP) is 2.84. The van der Waals surface area contributed by atoms with E-state index in [1.54, 1.807) is 4.90 Å². The first-order chi connectivity index (χ1) is 12.0. The smallest absolute Gasteiger partial charge is 0.321 e. The van der Waals surface area contributed by atoms with Gasteiger partial charge in [0.15, 0.2) is 0 Å². The zero-order chi connectivity index (χ0) is 18.2. The van der Waals surface area contributed by atoms with Gasteiger partial charge in [-0.15, -0.1) is 12.4 Å². The maximum Gasteiger partial charge on any atom is 0.321 e. The molecule has 0 bridgehead atoms. The number of hydrogen-bond acceptors (Lipinski definition) is 3. The number of nitrogens with zero attached hydrogens (tertiary/aromatic N) is 1. The minimum Gasteiger partial charge on any atom is -0.352 e. The van der Waals surface area contributed by atoms with Gasteiger partial charge in [-0.3, -0.25) is 4.79 Å². The highest BCUT2D eigenvalue weighted by molar-refractivity contribution is 5.90. The minimum absolute atomic E-state index is 0. The van der Waals surface area contributed by atoms with Crippen LogP contribution in [0.3, 0.4) is 0 Å². The van der Waals surface area contributed by atoms with Crippen LogP contribution in [0.4, 0.5) is 10.5 Å². The molecule has 0 saturated carbocycles. The van der Waals surface area contributed by atoms with Crippen molar-refractivity contribution in [2.45, 2.75) is 39.2 Å². The molecule has 1 aromatic rings. The number of halogens is 1. The van der Waals surface area contributed by atoms with Crippen LogP contribution < -0.4 is 16.4 Å². The molecule has 1 fully saturated rings. The summed E-state index contributed by atoms with van der Waals surface area (Å²) in [5.41, 5.74) is 6.53. The second kappa shape index (κ2) is 11.0. The lowest BCUT2D eigenvalue weighted by atomic mass is 9.96. The molecular weight excluding hydrogens is 352 g/mol. The van der Waals surface area contributed by atoms with Crippen molar-refractivity contribution in [3.05, 3.63) is 30.3 Å². The topological polar surface area (TPSA) is 87.5 Å². The highest BCUT2D eigenvalue weighted by Crippen LogP contribution is 2.18. The highest BCUT2D eigenvalue weighted by atomic mass is 35.5. The Hall–Kier alpha value is -1.79. The Labute approximate surface area is 162 Å². The van der Waals surface area contributed by atoms with Crippen molar-refractivity contribution in [1.29, 1.82) is 0 Å². The van der Waals surface area contributed by atoms with Gasteiger partial charge in [-0.25, -0.2) is 4.79 Å². The largest absolute Gasteiger partial charge is 0.352 e. The summed E-state index contributed by atoms with van der Waals surface area (Å²) in [5.74, 6) is 0.318. The maximum atomic E-state index is 12.6. The lowest BCUT2D eigenvalue weighted by Gasteiger charge is -2.33. The summed E-state index contributed by atoms with van der Waals surface area (Å²) >= 11 is 0. The normalized spacial score (nSPS) is 18.0. The second-order valence-corrected chi connectivity index (χ2v) is 7.15. The minimum atomic E-state index is -0.170. The number of piperidine rings is 1. The molecule has 2 unspecified atom stereocenters. The van der Waals surface area contributed by atoms with Crippen molar-refractivity contribution in [1.82, 2.24) is 10.2 Å². The Morgan fingerprint density at radius 2 is 1.96 bits per heavy atom. The van der Waals surface area contributed by atoms with E-state index in [1.165, 1.54) is 0 Å². The maximum absolute atomic E-state index is 12.6. The van der Waals surface area contributed by atoms with Gasteiger partial charge in [-0.05, 0) is 37.3 Å². The third kappa shape index (κ3) is 6.84. The number of carbonyl (C=O) groups excluding carboxylic acids is 2. The third-order valence-corrected chi connectivity index (χ3v) is 4.49. The first kappa shape index (κ1) is 22.3. The Kier molecular flexibility index (Phi) is 9.44. The number of amides is 3. The summed E-state index contributed by atoms with van der Waals surface area (Å²) in [5, 5.41) is 5.94. The number of para-hydroxylation sites is 1. The monoisotopic (exact) mass is 382 g/mol. The molecule has 0 aromatic heterocycles. The fraction of sp³-hybridized carbons (Fsp3) is 0.579. The molecule has 6 nitrogen and oxygen atoms in total. The molecule has 4 N–H and O–H groups in total. The Morgan fingerprint density at radius 3 is 2.58 bits per heavy atom. The quantitative estimate of drug-likeness (QED) is 0.706. The van der Waals surface area contributed by atoms with Crippen molar-refractivity contribution >= 4 is 30.0 Å². The zero-order valence-corrected chi connectivity index (χ0v) is 16.4. The molecule has 1 heterocycles. The van der Waals surface area contributed by atoms with Crippen LogP contribution in [0.2, 0.25) is 0 Å². The summed E-state index contributed by atoms with van der Waals surface area (Å²) < 4.78 is 0. The van der Waals surface area contributed by atoms with Gasteiger partial charge in [-0.1, -0.05) is 32.0 Å². The van der Waals surface area contributed by atoms with Gasteiger partial charge in [0.2, 0.25) is 5.91 Å². The standard InChI is InChI=1S/C19H30N4O2.ClH/c1-14(2)11-17(12-20)21-18(24)15-7-6-10-23(13-15)19(25)22-16-8-4-3-5-9-16;/h3-5,8-9,14-15,17H,6-7,10-13,20H2,1-2H3,(H,21,24)(H,22,25);1H. The summed E-state index contributed by atoms with van der Waals surface area (Å²) in [6.07, 6.45) is 2.50. The van der Waals surface area contributed by atoms with Crippen LogP contribution in [0.25, 0.3) is 0 Å². The summed E-state index contributed by atoms with van der Waals surface area (Å²) in [4.78, 5) is 26.7. The number of nitrogens with one attached hydrogen (secondary N) is 2. The molecule has 1 saturated heterocycles. The fourth-order valence-corrected chi connectivity index (χ4v) is 3.20. The number of likely N-dealkylation sites (tertiary alicyclic amines) is 1. The summed E-state index contributed by atoms with van der Waals surface area (Å²) in [7, 11) is 0. The summed E-state index contributed by atoms with van der Waals surface area (Å²) in [6, 6.07) is 9.21. The lowest BCUT2D eigenvalue weighted by Crippen LogP contribution is -2.50. The van der Waals surface area contributed by atoms with E-state index in [2.05, 4.69) is 24.5 Å². The van der Waals surface area contributed by atoms with Crippen molar-refractivity contribution in [2.75, 3.05) is 25.0 Å². The van der Waals surface area contributed by atoms with E-state index in [9.17, 15) is 9.59 Å². The van der Waals surface area contributed by atoms with Crippen molar-refractivity contribution in [2.24, 2.45) is 17.6 Å². The third-order valence-electron chi connectivity index (χ3n) is 4.49. The van der Waals surface area contributed by atoms with Gasteiger partial charge in [0, 0.05) is 31.4 Å². The molecule has 146 valence electrons. The van der Waals surface area contributed by atoms with Crippen LogP contribution in [-0.4, -0.2) is 42.5 Å². The fourth-order valence-electron chi connectivity index (χ4n) is 3.20. The molecule has 0 aliphatic carbocycles. The van der Waals surface area contributed by atoms with Gasteiger partial charge < -0.3 is 21.3 Å². The summed E-state index contributed by atoms with van der Waals surface area (Å²) in [6.45, 7) is 5.79. The van der Waals surface area contributed by atoms with Gasteiger partial charge >= 0.3 is 6.03 Å². The average Bonchev–Trinajstić information content (AvgIpc) is 2.61. The van der Waals surface area contributed by atoms with Crippen LogP contribution in [0.15, 0.2) is 30.3 Å². The van der Waals surface area contributed by atoms with Gasteiger partial charge in [0.25, 0.3) is 0 Å². The zero-order valence-electron chi connectivity index (χ0n) is 15.6. The Bertz CT molecular complexity index is 568. The SMILES string of the molecule is CC(C)CC(CN)NC(=O)C1CCCN(C(=O)Nc2ccccc2)C1.Cl. The van der Waals surface area contributed by atoms with Crippen molar-refractivity contribution in [3.8, 4) is 0 Å². The molecule has 3 amide bonds. The number of anilines is 1. The van der Waals surface area contributed by atoms with E-state index in [4.69, 9.17) is 5.73 Å². The first-order valence-electron chi connectivity index (χ1n) is 9.11. The number of carbonyl (C=O) groups is 2. The predicted molar refractivity (Wildman–Crippen MR) is 107 cm³/mol. The molecule has 26 heavy (non-hydrogen) atoms. The molecule has 2 rings (SSSR count). The van der Waals surface area contributed by atoms with Crippen LogP contribution in [-0.2, 0) is 4.79 Å². The molecular formula is C19H31ClN4O2. The van der Waals surface area contributed by atoms with Crippen LogP contribution in [0, 0.1) is 11.8 Å². The molecule has 0 spiro atoms. The van der Waals surface area contributed by atoms with Gasteiger partial charge in [0.05, 0.1) is 5.92 Å². The van der Waals surface area contributed by atoms with E-state index < -0.39 is 0 Å². The molecule has 0 radical (unpaired) electrons. The van der Waals surface area contributed by atoms with E-state index in [0.29, 0.717) is 25.6 Å². The molecule has 1 aliphatic rings. The second-order valence-electron chi connectivity index (χ2n) is 7.15. The number of benzene rings is 1. The van der Waals surface area contributed by atoms with E-state index in [-0.39, 0.29) is 36.3 Å². The van der Waals surface area contributed by atoms with E-state index >= 15 is 0 Å². The van der Waals surface area contributed by atoms with Crippen LogP contribution in [0.1, 0.15) is 33.1 Å². The number of hydrogen-bond donors (Lipinski definition) is 3. The number of rotatable bonds is 6. The van der Waals surface area contributed by atoms with Gasteiger partial charge in [-0.2, -0.15) is 0 Å². The highest BCUT2D eigenvalue weighted by Gasteiger charge is 2.29. The molecule has 7 heteroatoms. The number of urea groups is 1. The molecule has 1 aromatic carbocycles. The van der Waals surface area contributed by atoms with Crippen LogP contribution >= 0.6 is 12.4 Å².